The van der Waals surface area contributed by atoms with Crippen molar-refractivity contribution < 1.29 is 17.9 Å². The maximum Gasteiger partial charge on any atom is 0.263 e. The van der Waals surface area contributed by atoms with Gasteiger partial charge in [0.2, 0.25) is 0 Å². The lowest BCUT2D eigenvalue weighted by Gasteiger charge is -2.31. The molecular formula is C23H27Cl2NO4S. The molecule has 0 bridgehead atoms. The molecule has 1 saturated heterocycles. The van der Waals surface area contributed by atoms with Crippen LogP contribution in [-0.2, 0) is 21.2 Å². The molecule has 3 rings (SSSR count). The van der Waals surface area contributed by atoms with E-state index >= 15 is 0 Å². The average molecular weight is 484 g/mol. The molecule has 1 amide bonds. The van der Waals surface area contributed by atoms with Gasteiger partial charge in [-0.1, -0.05) is 55.2 Å². The zero-order valence-corrected chi connectivity index (χ0v) is 20.2. The number of sulfone groups is 1. The van der Waals surface area contributed by atoms with Crippen LogP contribution >= 0.6 is 23.2 Å². The Morgan fingerprint density at radius 2 is 1.81 bits per heavy atom. The summed E-state index contributed by atoms with van der Waals surface area (Å²) in [6, 6.07) is 12.3. The number of benzene rings is 2. The number of halogens is 2. The van der Waals surface area contributed by atoms with Crippen molar-refractivity contribution in [2.45, 2.75) is 51.8 Å². The predicted molar refractivity (Wildman–Crippen MR) is 125 cm³/mol. The van der Waals surface area contributed by atoms with Crippen molar-refractivity contribution in [3.05, 3.63) is 63.6 Å². The SMILES string of the molecule is CC(Oc1ccc(C(C)C)cc1)C(=O)N(Cc1ccc(Cl)cc1Cl)C1CCS(=O)(=O)C1. The zero-order valence-electron chi connectivity index (χ0n) is 17.8. The summed E-state index contributed by atoms with van der Waals surface area (Å²) in [6.07, 6.45) is -0.381. The molecule has 8 heteroatoms. The molecule has 1 heterocycles. The highest BCUT2D eigenvalue weighted by molar-refractivity contribution is 7.91. The van der Waals surface area contributed by atoms with Gasteiger partial charge in [0, 0.05) is 22.6 Å². The minimum absolute atomic E-state index is 0.0558. The number of carbonyl (C=O) groups excluding carboxylic acids is 1. The summed E-state index contributed by atoms with van der Waals surface area (Å²) in [5.74, 6) is 0.730. The molecule has 0 radical (unpaired) electrons. The highest BCUT2D eigenvalue weighted by Crippen LogP contribution is 2.27. The molecule has 2 unspecified atom stereocenters. The van der Waals surface area contributed by atoms with E-state index < -0.39 is 22.0 Å². The van der Waals surface area contributed by atoms with Crippen molar-refractivity contribution in [2.24, 2.45) is 0 Å². The molecule has 31 heavy (non-hydrogen) atoms. The summed E-state index contributed by atoms with van der Waals surface area (Å²) in [7, 11) is -3.17. The van der Waals surface area contributed by atoms with Crippen LogP contribution in [0.15, 0.2) is 42.5 Å². The Labute approximate surface area is 194 Å². The summed E-state index contributed by atoms with van der Waals surface area (Å²) in [5, 5.41) is 0.931. The number of amides is 1. The molecule has 0 aliphatic carbocycles. The second-order valence-electron chi connectivity index (χ2n) is 8.24. The molecule has 2 aromatic rings. The lowest BCUT2D eigenvalue weighted by atomic mass is 10.0. The van der Waals surface area contributed by atoms with Crippen LogP contribution in [0.3, 0.4) is 0 Å². The number of hydrogen-bond donors (Lipinski definition) is 0. The topological polar surface area (TPSA) is 63.7 Å². The molecule has 2 atom stereocenters. The monoisotopic (exact) mass is 483 g/mol. The molecule has 0 aromatic heterocycles. The molecule has 2 aromatic carbocycles. The van der Waals surface area contributed by atoms with E-state index in [2.05, 4.69) is 13.8 Å². The molecule has 0 spiro atoms. The highest BCUT2D eigenvalue weighted by Gasteiger charge is 2.37. The van der Waals surface area contributed by atoms with Gasteiger partial charge in [-0.05, 0) is 54.7 Å². The van der Waals surface area contributed by atoms with Gasteiger partial charge in [-0.2, -0.15) is 0 Å². The van der Waals surface area contributed by atoms with Crippen LogP contribution < -0.4 is 4.74 Å². The third-order valence-electron chi connectivity index (χ3n) is 5.50. The van der Waals surface area contributed by atoms with E-state index in [1.807, 2.05) is 24.3 Å². The van der Waals surface area contributed by atoms with Gasteiger partial charge in [0.05, 0.1) is 11.5 Å². The second-order valence-corrected chi connectivity index (χ2v) is 11.3. The van der Waals surface area contributed by atoms with Gasteiger partial charge in [-0.25, -0.2) is 8.42 Å². The fraction of sp³-hybridized carbons (Fsp3) is 0.435. The Morgan fingerprint density at radius 3 is 2.35 bits per heavy atom. The van der Waals surface area contributed by atoms with Gasteiger partial charge in [-0.3, -0.25) is 4.79 Å². The fourth-order valence-corrected chi connectivity index (χ4v) is 5.86. The number of rotatable bonds is 7. The first-order valence-corrected chi connectivity index (χ1v) is 12.8. The third-order valence-corrected chi connectivity index (χ3v) is 7.83. The van der Waals surface area contributed by atoms with Crippen LogP contribution in [0.25, 0.3) is 0 Å². The molecule has 1 fully saturated rings. The van der Waals surface area contributed by atoms with Crippen molar-refractivity contribution in [3.8, 4) is 5.75 Å². The molecule has 1 aliphatic heterocycles. The summed E-state index contributed by atoms with van der Waals surface area (Å²) < 4.78 is 30.0. The standard InChI is InChI=1S/C23H27Cl2NO4S/c1-15(2)17-5-8-21(9-6-17)30-16(3)23(27)26(20-10-11-31(28,29)14-20)13-18-4-7-19(24)12-22(18)25/h4-9,12,15-16,20H,10-11,13-14H2,1-3H3. The molecule has 0 N–H and O–H groups in total. The van der Waals surface area contributed by atoms with Crippen molar-refractivity contribution in [3.63, 3.8) is 0 Å². The van der Waals surface area contributed by atoms with E-state index in [1.54, 1.807) is 30.0 Å². The minimum atomic E-state index is -3.17. The van der Waals surface area contributed by atoms with E-state index in [0.29, 0.717) is 33.7 Å². The van der Waals surface area contributed by atoms with Crippen LogP contribution in [-0.4, -0.2) is 42.9 Å². The smallest absolute Gasteiger partial charge is 0.263 e. The molecule has 5 nitrogen and oxygen atoms in total. The normalized spacial score (nSPS) is 18.7. The van der Waals surface area contributed by atoms with Gasteiger partial charge in [0.25, 0.3) is 5.91 Å². The van der Waals surface area contributed by atoms with Gasteiger partial charge in [0.1, 0.15) is 5.75 Å². The first-order valence-electron chi connectivity index (χ1n) is 10.3. The largest absolute Gasteiger partial charge is 0.481 e. The maximum absolute atomic E-state index is 13.3. The highest BCUT2D eigenvalue weighted by atomic mass is 35.5. The molecule has 168 valence electrons. The third kappa shape index (κ3) is 6.15. The van der Waals surface area contributed by atoms with Crippen molar-refractivity contribution >= 4 is 38.9 Å². The summed E-state index contributed by atoms with van der Waals surface area (Å²) in [5.41, 5.74) is 1.89. The van der Waals surface area contributed by atoms with Crippen LogP contribution in [0.4, 0.5) is 0 Å². The van der Waals surface area contributed by atoms with Crippen molar-refractivity contribution in [2.75, 3.05) is 11.5 Å². The predicted octanol–water partition coefficient (Wildman–Crippen LogP) is 5.10. The second kappa shape index (κ2) is 9.80. The van der Waals surface area contributed by atoms with Gasteiger partial charge >= 0.3 is 0 Å². The Bertz CT molecular complexity index is 1040. The van der Waals surface area contributed by atoms with Gasteiger partial charge in [-0.15, -0.1) is 0 Å². The number of nitrogens with zero attached hydrogens (tertiary/aromatic N) is 1. The average Bonchev–Trinajstić information content (AvgIpc) is 3.06. The van der Waals surface area contributed by atoms with E-state index in [9.17, 15) is 13.2 Å². The Kier molecular flexibility index (Phi) is 7.55. The summed E-state index contributed by atoms with van der Waals surface area (Å²) >= 11 is 12.3. The Morgan fingerprint density at radius 1 is 1.13 bits per heavy atom. The Balaban J connectivity index is 1.80. The van der Waals surface area contributed by atoms with Crippen molar-refractivity contribution in [1.29, 1.82) is 0 Å². The number of carbonyl (C=O) groups is 1. The van der Waals surface area contributed by atoms with Crippen LogP contribution in [0, 0.1) is 0 Å². The van der Waals surface area contributed by atoms with Gasteiger partial charge in [0.15, 0.2) is 15.9 Å². The number of ether oxygens (including phenoxy) is 1. The quantitative estimate of drug-likeness (QED) is 0.549. The first kappa shape index (κ1) is 23.9. The Hall–Kier alpha value is -1.76. The molecule has 1 aliphatic rings. The summed E-state index contributed by atoms with van der Waals surface area (Å²) in [4.78, 5) is 14.9. The van der Waals surface area contributed by atoms with E-state index in [1.165, 1.54) is 5.56 Å². The van der Waals surface area contributed by atoms with Gasteiger partial charge < -0.3 is 9.64 Å². The molecular weight excluding hydrogens is 457 g/mol. The van der Waals surface area contributed by atoms with Crippen LogP contribution in [0.5, 0.6) is 5.75 Å². The van der Waals surface area contributed by atoms with Crippen LogP contribution in [0.1, 0.15) is 44.2 Å². The lowest BCUT2D eigenvalue weighted by Crippen LogP contribution is -2.46. The molecule has 0 saturated carbocycles. The number of hydrogen-bond acceptors (Lipinski definition) is 4. The summed E-state index contributed by atoms with van der Waals surface area (Å²) in [6.45, 7) is 6.09. The van der Waals surface area contributed by atoms with E-state index in [4.69, 9.17) is 27.9 Å². The van der Waals surface area contributed by atoms with E-state index in [0.717, 1.165) is 0 Å². The van der Waals surface area contributed by atoms with Crippen molar-refractivity contribution in [1.82, 2.24) is 4.90 Å². The lowest BCUT2D eigenvalue weighted by molar-refractivity contribution is -0.140. The maximum atomic E-state index is 13.3. The van der Waals surface area contributed by atoms with E-state index in [-0.39, 0.29) is 24.0 Å². The first-order chi connectivity index (χ1) is 14.6. The minimum Gasteiger partial charge on any atom is -0.481 e. The van der Waals surface area contributed by atoms with Crippen LogP contribution in [0.2, 0.25) is 10.0 Å². The fourth-order valence-electron chi connectivity index (χ4n) is 3.66. The zero-order chi connectivity index (χ0) is 22.8.